The van der Waals surface area contributed by atoms with Gasteiger partial charge in [0.15, 0.2) is 0 Å². The lowest BCUT2D eigenvalue weighted by atomic mass is 9.86. The molecule has 0 saturated carbocycles. The average Bonchev–Trinajstić information content (AvgIpc) is 2.16. The molecule has 1 aromatic rings. The van der Waals surface area contributed by atoms with E-state index < -0.39 is 11.2 Å². The van der Waals surface area contributed by atoms with Gasteiger partial charge in [0.2, 0.25) is 0 Å². The SMILES string of the molecule is COc1cc(F)c(C(C)(C)C#N)c(Cl)c1. The van der Waals surface area contributed by atoms with Crippen molar-refractivity contribution in [2.75, 3.05) is 7.11 Å². The summed E-state index contributed by atoms with van der Waals surface area (Å²) in [6.45, 7) is 3.23. The van der Waals surface area contributed by atoms with E-state index in [1.165, 1.54) is 19.2 Å². The summed E-state index contributed by atoms with van der Waals surface area (Å²) >= 11 is 5.91. The number of hydrogen-bond acceptors (Lipinski definition) is 2. The van der Waals surface area contributed by atoms with Gasteiger partial charge in [0, 0.05) is 11.6 Å². The number of methoxy groups -OCH3 is 1. The van der Waals surface area contributed by atoms with Crippen LogP contribution in [-0.4, -0.2) is 7.11 Å². The topological polar surface area (TPSA) is 33.0 Å². The fourth-order valence-corrected chi connectivity index (χ4v) is 1.75. The lowest BCUT2D eigenvalue weighted by Gasteiger charge is -2.18. The minimum Gasteiger partial charge on any atom is -0.497 e. The number of rotatable bonds is 2. The van der Waals surface area contributed by atoms with Crippen molar-refractivity contribution in [1.29, 1.82) is 5.26 Å². The fraction of sp³-hybridized carbons (Fsp3) is 0.364. The molecule has 80 valence electrons. The molecule has 2 nitrogen and oxygen atoms in total. The minimum atomic E-state index is -0.951. The molecule has 0 aliphatic carbocycles. The highest BCUT2D eigenvalue weighted by molar-refractivity contribution is 6.31. The molecule has 15 heavy (non-hydrogen) atoms. The first-order valence-corrected chi connectivity index (χ1v) is 4.75. The van der Waals surface area contributed by atoms with Gasteiger partial charge < -0.3 is 4.74 Å². The predicted molar refractivity (Wildman–Crippen MR) is 56.6 cm³/mol. The van der Waals surface area contributed by atoms with Crippen LogP contribution < -0.4 is 4.74 Å². The second-order valence-electron chi connectivity index (χ2n) is 3.70. The Hall–Kier alpha value is -1.27. The third-order valence-electron chi connectivity index (χ3n) is 2.16. The number of halogens is 2. The molecule has 0 unspecified atom stereocenters. The molecule has 1 rings (SSSR count). The first-order chi connectivity index (χ1) is 6.92. The van der Waals surface area contributed by atoms with Crippen molar-refractivity contribution in [1.82, 2.24) is 0 Å². The zero-order valence-electron chi connectivity index (χ0n) is 8.77. The molecule has 0 heterocycles. The van der Waals surface area contributed by atoms with Crippen LogP contribution in [-0.2, 0) is 5.41 Å². The number of nitriles is 1. The summed E-state index contributed by atoms with van der Waals surface area (Å²) in [5, 5.41) is 9.12. The van der Waals surface area contributed by atoms with E-state index in [-0.39, 0.29) is 10.6 Å². The molecule has 0 radical (unpaired) electrons. The number of benzene rings is 1. The normalized spacial score (nSPS) is 10.9. The Bertz CT molecular complexity index is 400. The summed E-state index contributed by atoms with van der Waals surface area (Å²) in [5.74, 6) is -0.180. The summed E-state index contributed by atoms with van der Waals surface area (Å²) in [4.78, 5) is 0. The molecule has 4 heteroatoms. The molecular formula is C11H11ClFNO. The molecule has 0 bridgehead atoms. The summed E-state index contributed by atoms with van der Waals surface area (Å²) in [6.07, 6.45) is 0. The lowest BCUT2D eigenvalue weighted by molar-refractivity contribution is 0.410. The Morgan fingerprint density at radius 1 is 1.47 bits per heavy atom. The number of ether oxygens (including phenoxy) is 1. The maximum absolute atomic E-state index is 13.7. The second kappa shape index (κ2) is 4.08. The van der Waals surface area contributed by atoms with E-state index in [9.17, 15) is 4.39 Å². The number of hydrogen-bond donors (Lipinski definition) is 0. The van der Waals surface area contributed by atoms with Gasteiger partial charge in [-0.25, -0.2) is 4.39 Å². The number of nitrogens with zero attached hydrogens (tertiary/aromatic N) is 1. The van der Waals surface area contributed by atoms with E-state index in [1.54, 1.807) is 13.8 Å². The fourth-order valence-electron chi connectivity index (χ4n) is 1.32. The van der Waals surface area contributed by atoms with Gasteiger partial charge in [0.25, 0.3) is 0 Å². The maximum Gasteiger partial charge on any atom is 0.133 e. The molecule has 0 amide bonds. The van der Waals surface area contributed by atoms with Crippen molar-refractivity contribution in [3.8, 4) is 11.8 Å². The first-order valence-electron chi connectivity index (χ1n) is 4.37. The van der Waals surface area contributed by atoms with Crippen LogP contribution in [0.1, 0.15) is 19.4 Å². The van der Waals surface area contributed by atoms with Crippen molar-refractivity contribution < 1.29 is 9.13 Å². The Morgan fingerprint density at radius 2 is 2.07 bits per heavy atom. The molecule has 1 aromatic carbocycles. The highest BCUT2D eigenvalue weighted by atomic mass is 35.5. The van der Waals surface area contributed by atoms with Crippen molar-refractivity contribution >= 4 is 11.6 Å². The van der Waals surface area contributed by atoms with E-state index in [0.29, 0.717) is 5.75 Å². The van der Waals surface area contributed by atoms with Crippen LogP contribution in [0.4, 0.5) is 4.39 Å². The quantitative estimate of drug-likeness (QED) is 0.777. The molecule has 0 aliphatic heterocycles. The van der Waals surface area contributed by atoms with Crippen LogP contribution in [0.25, 0.3) is 0 Å². The minimum absolute atomic E-state index is 0.201. The molecule has 0 atom stereocenters. The molecule has 0 aromatic heterocycles. The monoisotopic (exact) mass is 227 g/mol. The van der Waals surface area contributed by atoms with Gasteiger partial charge in [-0.1, -0.05) is 11.6 Å². The van der Waals surface area contributed by atoms with Crippen LogP contribution in [0, 0.1) is 17.1 Å². The summed E-state index contributed by atoms with van der Waals surface area (Å²) in [6, 6.07) is 4.73. The van der Waals surface area contributed by atoms with E-state index in [0.717, 1.165) is 0 Å². The Labute approximate surface area is 93.2 Å². The highest BCUT2D eigenvalue weighted by Crippen LogP contribution is 2.34. The molecule has 0 fully saturated rings. The first kappa shape index (κ1) is 11.8. The smallest absolute Gasteiger partial charge is 0.133 e. The standard InChI is InChI=1S/C11H11ClFNO/c1-11(2,6-14)10-8(12)4-7(15-3)5-9(10)13/h4-5H,1-3H3. The third-order valence-corrected chi connectivity index (χ3v) is 2.45. The zero-order chi connectivity index (χ0) is 11.6. The van der Waals surface area contributed by atoms with Crippen molar-refractivity contribution in [2.24, 2.45) is 0 Å². The van der Waals surface area contributed by atoms with Crippen molar-refractivity contribution in [3.63, 3.8) is 0 Å². The van der Waals surface area contributed by atoms with E-state index >= 15 is 0 Å². The van der Waals surface area contributed by atoms with Gasteiger partial charge in [-0.15, -0.1) is 0 Å². The Balaban J connectivity index is 3.40. The highest BCUT2D eigenvalue weighted by Gasteiger charge is 2.27. The van der Waals surface area contributed by atoms with Gasteiger partial charge in [-0.2, -0.15) is 5.26 Å². The van der Waals surface area contributed by atoms with Crippen LogP contribution in [0.3, 0.4) is 0 Å². The maximum atomic E-state index is 13.7. The Kier molecular flexibility index (Phi) is 3.21. The van der Waals surface area contributed by atoms with Crippen LogP contribution in [0.2, 0.25) is 5.02 Å². The Morgan fingerprint density at radius 3 is 2.47 bits per heavy atom. The van der Waals surface area contributed by atoms with E-state index in [4.69, 9.17) is 21.6 Å². The molecule has 0 aliphatic rings. The molecule has 0 spiro atoms. The van der Waals surface area contributed by atoms with Crippen molar-refractivity contribution in [3.05, 3.63) is 28.5 Å². The second-order valence-corrected chi connectivity index (χ2v) is 4.11. The largest absolute Gasteiger partial charge is 0.497 e. The van der Waals surface area contributed by atoms with Gasteiger partial charge in [-0.3, -0.25) is 0 Å². The predicted octanol–water partition coefficient (Wildman–Crippen LogP) is 3.29. The third kappa shape index (κ3) is 2.21. The summed E-state index contributed by atoms with van der Waals surface area (Å²) in [5.41, 5.74) is -0.750. The van der Waals surface area contributed by atoms with Crippen LogP contribution >= 0.6 is 11.6 Å². The zero-order valence-corrected chi connectivity index (χ0v) is 9.52. The summed E-state index contributed by atoms with van der Waals surface area (Å²) in [7, 11) is 1.43. The average molecular weight is 228 g/mol. The van der Waals surface area contributed by atoms with Gasteiger partial charge in [-0.05, 0) is 19.9 Å². The lowest BCUT2D eigenvalue weighted by Crippen LogP contribution is -2.16. The van der Waals surface area contributed by atoms with E-state index in [1.807, 2.05) is 6.07 Å². The van der Waals surface area contributed by atoms with Gasteiger partial charge in [0.05, 0.1) is 23.6 Å². The van der Waals surface area contributed by atoms with Crippen LogP contribution in [0.5, 0.6) is 5.75 Å². The van der Waals surface area contributed by atoms with Crippen molar-refractivity contribution in [2.45, 2.75) is 19.3 Å². The molecule has 0 saturated heterocycles. The molecule has 0 N–H and O–H groups in total. The van der Waals surface area contributed by atoms with Gasteiger partial charge >= 0.3 is 0 Å². The molecular weight excluding hydrogens is 217 g/mol. The van der Waals surface area contributed by atoms with E-state index in [2.05, 4.69) is 0 Å². The van der Waals surface area contributed by atoms with Crippen LogP contribution in [0.15, 0.2) is 12.1 Å². The van der Waals surface area contributed by atoms with Gasteiger partial charge in [0.1, 0.15) is 11.6 Å². The summed E-state index contributed by atoms with van der Waals surface area (Å²) < 4.78 is 18.5.